The highest BCUT2D eigenvalue weighted by Gasteiger charge is 2.20. The van der Waals surface area contributed by atoms with Crippen LogP contribution in [0.5, 0.6) is 5.75 Å². The molecule has 1 unspecified atom stereocenters. The molecule has 1 amide bonds. The van der Waals surface area contributed by atoms with Gasteiger partial charge in [-0.15, -0.1) is 0 Å². The summed E-state index contributed by atoms with van der Waals surface area (Å²) in [5, 5.41) is 1.06. The lowest BCUT2D eigenvalue weighted by molar-refractivity contribution is -0.134. The average Bonchev–Trinajstić information content (AvgIpc) is 2.58. The summed E-state index contributed by atoms with van der Waals surface area (Å²) in [4.78, 5) is 25.2. The van der Waals surface area contributed by atoms with Crippen LogP contribution in [0.3, 0.4) is 0 Å². The second-order valence-corrected chi connectivity index (χ2v) is 6.56. The van der Waals surface area contributed by atoms with Gasteiger partial charge >= 0.3 is 0 Å². The zero-order valence-corrected chi connectivity index (χ0v) is 15.8. The van der Waals surface area contributed by atoms with Crippen LogP contribution in [0.2, 0.25) is 10.0 Å². The van der Waals surface area contributed by atoms with Gasteiger partial charge in [0.2, 0.25) is 0 Å². The molecular weight excluding hydrogens is 361 g/mol. The van der Waals surface area contributed by atoms with Gasteiger partial charge in [0, 0.05) is 22.7 Å². The van der Waals surface area contributed by atoms with Crippen LogP contribution in [0.15, 0.2) is 42.5 Å². The normalized spacial score (nSPS) is 11.7. The van der Waals surface area contributed by atoms with E-state index in [0.717, 1.165) is 5.56 Å². The van der Waals surface area contributed by atoms with E-state index < -0.39 is 0 Å². The van der Waals surface area contributed by atoms with E-state index in [-0.39, 0.29) is 24.3 Å². The van der Waals surface area contributed by atoms with Crippen LogP contribution < -0.4 is 4.74 Å². The molecule has 2 rings (SSSR count). The Hall–Kier alpha value is -2.04. The summed E-state index contributed by atoms with van der Waals surface area (Å²) in [7, 11) is 1.69. The first-order chi connectivity index (χ1) is 11.8. The first-order valence-corrected chi connectivity index (χ1v) is 8.49. The van der Waals surface area contributed by atoms with Gasteiger partial charge in [-0.3, -0.25) is 9.59 Å². The summed E-state index contributed by atoms with van der Waals surface area (Å²) in [6.07, 6.45) is 0. The molecule has 1 atom stereocenters. The summed E-state index contributed by atoms with van der Waals surface area (Å²) in [6, 6.07) is 11.7. The number of ketones is 1. The number of likely N-dealkylation sites (N-methyl/N-ethyl adjacent to an activating group) is 1. The van der Waals surface area contributed by atoms with Gasteiger partial charge in [0.25, 0.3) is 5.91 Å². The molecule has 0 radical (unpaired) electrons. The lowest BCUT2D eigenvalue weighted by Gasteiger charge is -2.26. The van der Waals surface area contributed by atoms with Crippen LogP contribution in [0.4, 0.5) is 0 Å². The molecule has 0 spiro atoms. The molecule has 4 nitrogen and oxygen atoms in total. The third-order valence-electron chi connectivity index (χ3n) is 4.01. The number of ether oxygens (including phenoxy) is 1. The van der Waals surface area contributed by atoms with Crippen molar-refractivity contribution in [2.24, 2.45) is 0 Å². The molecule has 0 aliphatic carbocycles. The average molecular weight is 380 g/mol. The van der Waals surface area contributed by atoms with Crippen LogP contribution >= 0.6 is 23.2 Å². The smallest absolute Gasteiger partial charge is 0.260 e. The highest BCUT2D eigenvalue weighted by Crippen LogP contribution is 2.29. The Morgan fingerprint density at radius 1 is 1.12 bits per heavy atom. The van der Waals surface area contributed by atoms with Gasteiger partial charge in [-0.1, -0.05) is 29.3 Å². The van der Waals surface area contributed by atoms with Crippen molar-refractivity contribution in [2.45, 2.75) is 19.9 Å². The van der Waals surface area contributed by atoms with Crippen LogP contribution in [0, 0.1) is 0 Å². The summed E-state index contributed by atoms with van der Waals surface area (Å²) in [5.41, 5.74) is 1.41. The van der Waals surface area contributed by atoms with E-state index in [9.17, 15) is 9.59 Å². The van der Waals surface area contributed by atoms with E-state index in [1.165, 1.54) is 6.92 Å². The Morgan fingerprint density at radius 2 is 1.76 bits per heavy atom. The zero-order chi connectivity index (χ0) is 18.6. The van der Waals surface area contributed by atoms with Gasteiger partial charge in [-0.25, -0.2) is 0 Å². The highest BCUT2D eigenvalue weighted by molar-refractivity contribution is 6.35. The molecule has 132 valence electrons. The summed E-state index contributed by atoms with van der Waals surface area (Å²) in [5.74, 6) is 0.328. The fraction of sp³-hybridized carbons (Fsp3) is 0.263. The van der Waals surface area contributed by atoms with Gasteiger partial charge in [0.15, 0.2) is 12.4 Å². The molecule has 0 heterocycles. The fourth-order valence-corrected chi connectivity index (χ4v) is 2.86. The molecule has 0 N–H and O–H groups in total. The molecule has 0 saturated heterocycles. The molecule has 0 bridgehead atoms. The van der Waals surface area contributed by atoms with Crippen LogP contribution in [0.25, 0.3) is 0 Å². The van der Waals surface area contributed by atoms with Gasteiger partial charge in [0.05, 0.1) is 6.04 Å². The predicted octanol–water partition coefficient (Wildman–Crippen LogP) is 4.79. The van der Waals surface area contributed by atoms with Crippen LogP contribution in [-0.4, -0.2) is 30.2 Å². The monoisotopic (exact) mass is 379 g/mol. The van der Waals surface area contributed by atoms with Crippen LogP contribution in [-0.2, 0) is 4.79 Å². The number of nitrogens with zero attached hydrogens (tertiary/aromatic N) is 1. The number of amides is 1. The molecule has 6 heteroatoms. The molecule has 25 heavy (non-hydrogen) atoms. The highest BCUT2D eigenvalue weighted by atomic mass is 35.5. The molecule has 0 aromatic heterocycles. The quantitative estimate of drug-likeness (QED) is 0.677. The van der Waals surface area contributed by atoms with E-state index in [1.54, 1.807) is 54.4 Å². The summed E-state index contributed by atoms with van der Waals surface area (Å²) < 4.78 is 5.50. The second kappa shape index (κ2) is 8.37. The number of rotatable bonds is 6. The molecule has 2 aromatic rings. The topological polar surface area (TPSA) is 46.6 Å². The minimum Gasteiger partial charge on any atom is -0.484 e. The van der Waals surface area contributed by atoms with Crippen molar-refractivity contribution >= 4 is 34.9 Å². The number of hydrogen-bond donors (Lipinski definition) is 0. The summed E-state index contributed by atoms with van der Waals surface area (Å²) >= 11 is 12.1. The third kappa shape index (κ3) is 4.97. The minimum atomic E-state index is -0.221. The van der Waals surface area contributed by atoms with E-state index in [2.05, 4.69) is 0 Å². The lowest BCUT2D eigenvalue weighted by atomic mass is 10.1. The Morgan fingerprint density at radius 3 is 2.32 bits per heavy atom. The Balaban J connectivity index is 1.98. The van der Waals surface area contributed by atoms with Gasteiger partial charge in [-0.2, -0.15) is 0 Å². The Kier molecular flexibility index (Phi) is 6.45. The number of carbonyl (C=O) groups excluding carboxylic acids is 2. The SMILES string of the molecule is CC(=O)c1ccc(OCC(=O)N(C)C(C)c2ccc(Cl)cc2Cl)cc1. The van der Waals surface area contributed by atoms with Crippen molar-refractivity contribution < 1.29 is 14.3 Å². The largest absolute Gasteiger partial charge is 0.484 e. The minimum absolute atomic E-state index is 0.0176. The summed E-state index contributed by atoms with van der Waals surface area (Å²) in [6.45, 7) is 3.28. The maximum atomic E-state index is 12.4. The van der Waals surface area contributed by atoms with E-state index in [0.29, 0.717) is 21.4 Å². The third-order valence-corrected chi connectivity index (χ3v) is 4.57. The molecule has 0 aliphatic heterocycles. The van der Waals surface area contributed by atoms with Crippen molar-refractivity contribution in [1.82, 2.24) is 4.90 Å². The lowest BCUT2D eigenvalue weighted by Crippen LogP contribution is -2.33. The van der Waals surface area contributed by atoms with Crippen molar-refractivity contribution in [3.8, 4) is 5.75 Å². The standard InChI is InChI=1S/C19H19Cl2NO3/c1-12(17-9-6-15(20)10-18(17)21)22(3)19(24)11-25-16-7-4-14(5-8-16)13(2)23/h4-10,12H,11H2,1-3H3. The molecule has 2 aromatic carbocycles. The number of benzene rings is 2. The second-order valence-electron chi connectivity index (χ2n) is 5.72. The Labute approximate surface area is 157 Å². The van der Waals surface area contributed by atoms with Crippen molar-refractivity contribution in [1.29, 1.82) is 0 Å². The van der Waals surface area contributed by atoms with Crippen molar-refractivity contribution in [2.75, 3.05) is 13.7 Å². The first kappa shape index (κ1) is 19.3. The number of hydrogen-bond acceptors (Lipinski definition) is 3. The number of Topliss-reactive ketones (excluding diaryl/α,β-unsaturated/α-hetero) is 1. The predicted molar refractivity (Wildman–Crippen MR) is 99.6 cm³/mol. The zero-order valence-electron chi connectivity index (χ0n) is 14.3. The molecule has 0 aliphatic rings. The molecular formula is C19H19Cl2NO3. The maximum absolute atomic E-state index is 12.4. The first-order valence-electron chi connectivity index (χ1n) is 7.74. The maximum Gasteiger partial charge on any atom is 0.260 e. The number of halogens is 2. The molecule has 0 fully saturated rings. The van der Waals surface area contributed by atoms with Gasteiger partial charge < -0.3 is 9.64 Å². The van der Waals surface area contributed by atoms with Crippen molar-refractivity contribution in [3.63, 3.8) is 0 Å². The fourth-order valence-electron chi connectivity index (χ4n) is 2.30. The van der Waals surface area contributed by atoms with E-state index in [1.807, 2.05) is 6.92 Å². The molecule has 0 saturated carbocycles. The van der Waals surface area contributed by atoms with Gasteiger partial charge in [-0.05, 0) is 55.8 Å². The van der Waals surface area contributed by atoms with Gasteiger partial charge in [0.1, 0.15) is 5.75 Å². The van der Waals surface area contributed by atoms with E-state index >= 15 is 0 Å². The van der Waals surface area contributed by atoms with E-state index in [4.69, 9.17) is 27.9 Å². The number of carbonyl (C=O) groups is 2. The van der Waals surface area contributed by atoms with Crippen LogP contribution in [0.1, 0.15) is 35.8 Å². The van der Waals surface area contributed by atoms with Crippen molar-refractivity contribution in [3.05, 3.63) is 63.6 Å². The Bertz CT molecular complexity index is 775.